The molecule has 0 spiro atoms. The van der Waals surface area contributed by atoms with Crippen LogP contribution in [0.25, 0.3) is 0 Å². The molecular weight excluding hydrogens is 271 g/mol. The monoisotopic (exact) mass is 284 g/mol. The maximum absolute atomic E-state index is 6.08. The van der Waals surface area contributed by atoms with E-state index in [4.69, 9.17) is 23.2 Å². The van der Waals surface area contributed by atoms with Gasteiger partial charge in [-0.3, -0.25) is 4.99 Å². The summed E-state index contributed by atoms with van der Waals surface area (Å²) in [5.74, 6) is 1.17. The summed E-state index contributed by atoms with van der Waals surface area (Å²) in [7, 11) is 0. The molecule has 1 unspecified atom stereocenters. The fraction of sp³-hybridized carbons (Fsp3) is 0.583. The number of anilines is 1. The van der Waals surface area contributed by atoms with Crippen molar-refractivity contribution in [2.75, 3.05) is 11.9 Å². The molecule has 2 aliphatic rings. The summed E-state index contributed by atoms with van der Waals surface area (Å²) in [4.78, 5) is 12.4. The maximum atomic E-state index is 6.08. The molecule has 1 aromatic rings. The third-order valence-corrected chi connectivity index (χ3v) is 4.03. The van der Waals surface area contributed by atoms with Crippen LogP contribution in [0.5, 0.6) is 0 Å². The van der Waals surface area contributed by atoms with E-state index in [2.05, 4.69) is 20.3 Å². The lowest BCUT2D eigenvalue weighted by atomic mass is 9.83. The Kier molecular flexibility index (Phi) is 3.39. The molecule has 6 heteroatoms. The van der Waals surface area contributed by atoms with Crippen LogP contribution in [0.15, 0.2) is 11.2 Å². The SMILES string of the molecule is Clc1ncc(Cl)c(N[C@H]2CCCCC2C2=NC2)n1. The van der Waals surface area contributed by atoms with Gasteiger partial charge in [0, 0.05) is 17.7 Å². The molecule has 2 heterocycles. The van der Waals surface area contributed by atoms with Crippen molar-refractivity contribution in [2.24, 2.45) is 10.9 Å². The van der Waals surface area contributed by atoms with Crippen molar-refractivity contribution >= 4 is 34.7 Å². The van der Waals surface area contributed by atoms with E-state index >= 15 is 0 Å². The van der Waals surface area contributed by atoms with Gasteiger partial charge in [0.05, 0.1) is 12.7 Å². The van der Waals surface area contributed by atoms with Gasteiger partial charge in [0.25, 0.3) is 0 Å². The number of nitrogens with one attached hydrogen (secondary N) is 1. The van der Waals surface area contributed by atoms with Gasteiger partial charge >= 0.3 is 0 Å². The Hall–Kier alpha value is -0.870. The van der Waals surface area contributed by atoms with E-state index in [1.54, 1.807) is 0 Å². The number of halogens is 2. The van der Waals surface area contributed by atoms with Gasteiger partial charge in [-0.25, -0.2) is 4.98 Å². The summed E-state index contributed by atoms with van der Waals surface area (Å²) >= 11 is 11.9. The van der Waals surface area contributed by atoms with Crippen LogP contribution in [-0.4, -0.2) is 28.3 Å². The predicted molar refractivity (Wildman–Crippen MR) is 73.7 cm³/mol. The molecule has 1 aliphatic heterocycles. The number of aromatic nitrogens is 2. The summed E-state index contributed by atoms with van der Waals surface area (Å²) in [6.07, 6.45) is 6.37. The van der Waals surface area contributed by atoms with E-state index in [1.165, 1.54) is 31.2 Å². The van der Waals surface area contributed by atoms with Gasteiger partial charge < -0.3 is 5.32 Å². The van der Waals surface area contributed by atoms with Gasteiger partial charge in [-0.2, -0.15) is 4.98 Å². The summed E-state index contributed by atoms with van der Waals surface area (Å²) in [5, 5.41) is 4.15. The Morgan fingerprint density at radius 1 is 1.22 bits per heavy atom. The Morgan fingerprint density at radius 2 is 2.00 bits per heavy atom. The van der Waals surface area contributed by atoms with Crippen molar-refractivity contribution in [3.63, 3.8) is 0 Å². The van der Waals surface area contributed by atoms with E-state index in [-0.39, 0.29) is 5.28 Å². The largest absolute Gasteiger partial charge is 0.365 e. The van der Waals surface area contributed by atoms with E-state index in [9.17, 15) is 0 Å². The van der Waals surface area contributed by atoms with Gasteiger partial charge in [0.1, 0.15) is 10.8 Å². The summed E-state index contributed by atoms with van der Waals surface area (Å²) in [5.41, 5.74) is 1.34. The number of hydrogen-bond acceptors (Lipinski definition) is 4. The average molecular weight is 285 g/mol. The van der Waals surface area contributed by atoms with Crippen molar-refractivity contribution in [1.82, 2.24) is 9.97 Å². The lowest BCUT2D eigenvalue weighted by Crippen LogP contribution is -2.35. The van der Waals surface area contributed by atoms with Crippen LogP contribution in [-0.2, 0) is 0 Å². The fourth-order valence-corrected chi connectivity index (χ4v) is 2.88. The quantitative estimate of drug-likeness (QED) is 0.867. The third-order valence-electron chi connectivity index (χ3n) is 3.57. The highest BCUT2D eigenvalue weighted by atomic mass is 35.5. The second-order valence-electron chi connectivity index (χ2n) is 4.78. The molecule has 1 N–H and O–H groups in total. The molecule has 1 saturated carbocycles. The second-order valence-corrected chi connectivity index (χ2v) is 5.53. The van der Waals surface area contributed by atoms with Gasteiger partial charge in [0.2, 0.25) is 5.28 Å². The van der Waals surface area contributed by atoms with Crippen molar-refractivity contribution in [3.05, 3.63) is 16.5 Å². The zero-order valence-corrected chi connectivity index (χ0v) is 11.4. The molecule has 0 aromatic carbocycles. The minimum atomic E-state index is 0.220. The van der Waals surface area contributed by atoms with Crippen molar-refractivity contribution in [2.45, 2.75) is 31.7 Å². The first-order valence-electron chi connectivity index (χ1n) is 6.22. The summed E-state index contributed by atoms with van der Waals surface area (Å²) in [6.45, 7) is 0.932. The summed E-state index contributed by atoms with van der Waals surface area (Å²) in [6, 6.07) is 0.364. The van der Waals surface area contributed by atoms with Crippen molar-refractivity contribution in [3.8, 4) is 0 Å². The minimum Gasteiger partial charge on any atom is -0.365 e. The molecule has 1 aliphatic carbocycles. The first kappa shape index (κ1) is 12.2. The second kappa shape index (κ2) is 5.02. The molecule has 18 heavy (non-hydrogen) atoms. The molecule has 0 saturated heterocycles. The van der Waals surface area contributed by atoms with E-state index < -0.39 is 0 Å². The summed E-state index contributed by atoms with van der Waals surface area (Å²) < 4.78 is 0. The molecule has 2 atom stereocenters. The molecule has 0 bridgehead atoms. The van der Waals surface area contributed by atoms with Gasteiger partial charge in [0.15, 0.2) is 0 Å². The van der Waals surface area contributed by atoms with Crippen molar-refractivity contribution in [1.29, 1.82) is 0 Å². The first-order chi connectivity index (χ1) is 8.74. The maximum Gasteiger partial charge on any atom is 0.224 e. The molecule has 4 nitrogen and oxygen atoms in total. The zero-order chi connectivity index (χ0) is 12.5. The molecule has 1 fully saturated rings. The molecule has 0 amide bonds. The van der Waals surface area contributed by atoms with Crippen LogP contribution in [0, 0.1) is 5.92 Å². The molecule has 0 radical (unpaired) electrons. The van der Waals surface area contributed by atoms with Gasteiger partial charge in [-0.15, -0.1) is 0 Å². The standard InChI is InChI=1S/C12H14Cl2N4/c13-8-5-16-12(14)18-11(8)17-9-4-2-1-3-7(9)10-6-15-10/h5,7,9H,1-4,6H2,(H,16,17,18)/t7?,9-/m0/s1. The van der Waals surface area contributed by atoms with Crippen molar-refractivity contribution < 1.29 is 0 Å². The Labute approximate surface area is 116 Å². The Bertz CT molecular complexity index is 489. The van der Waals surface area contributed by atoms with E-state index in [0.717, 1.165) is 13.0 Å². The first-order valence-corrected chi connectivity index (χ1v) is 6.97. The normalized spacial score (nSPS) is 26.7. The molecule has 96 valence electrons. The topological polar surface area (TPSA) is 50.2 Å². The lowest BCUT2D eigenvalue weighted by molar-refractivity contribution is 0.403. The smallest absolute Gasteiger partial charge is 0.224 e. The zero-order valence-electron chi connectivity index (χ0n) is 9.87. The average Bonchev–Trinajstić information content (AvgIpc) is 3.19. The van der Waals surface area contributed by atoms with Crippen LogP contribution < -0.4 is 5.32 Å². The number of aliphatic imine (C=N–C) groups is 1. The van der Waals surface area contributed by atoms with Crippen LogP contribution >= 0.6 is 23.2 Å². The molecule has 3 rings (SSSR count). The highest BCUT2D eigenvalue weighted by molar-refractivity contribution is 6.33. The fourth-order valence-electron chi connectivity index (χ4n) is 2.61. The number of nitrogens with zero attached hydrogens (tertiary/aromatic N) is 3. The molecular formula is C12H14Cl2N4. The number of rotatable bonds is 3. The Morgan fingerprint density at radius 3 is 2.78 bits per heavy atom. The number of hydrogen-bond donors (Lipinski definition) is 1. The highest BCUT2D eigenvalue weighted by Crippen LogP contribution is 2.32. The van der Waals surface area contributed by atoms with Crippen LogP contribution in [0.4, 0.5) is 5.82 Å². The third kappa shape index (κ3) is 2.59. The predicted octanol–water partition coefficient (Wildman–Crippen LogP) is 3.21. The molecule has 1 aromatic heterocycles. The Balaban J connectivity index is 1.77. The van der Waals surface area contributed by atoms with Crippen LogP contribution in [0.3, 0.4) is 0 Å². The van der Waals surface area contributed by atoms with E-state index in [1.807, 2.05) is 0 Å². The van der Waals surface area contributed by atoms with Gasteiger partial charge in [-0.05, 0) is 24.4 Å². The van der Waals surface area contributed by atoms with E-state index in [0.29, 0.717) is 22.8 Å². The highest BCUT2D eigenvalue weighted by Gasteiger charge is 2.33. The minimum absolute atomic E-state index is 0.220. The van der Waals surface area contributed by atoms with Crippen LogP contribution in [0.2, 0.25) is 10.3 Å². The lowest BCUT2D eigenvalue weighted by Gasteiger charge is -2.30. The van der Waals surface area contributed by atoms with Gasteiger partial charge in [-0.1, -0.05) is 24.4 Å². The van der Waals surface area contributed by atoms with Crippen LogP contribution in [0.1, 0.15) is 25.7 Å².